The van der Waals surface area contributed by atoms with Crippen LogP contribution in [-0.2, 0) is 16.0 Å². The van der Waals surface area contributed by atoms with Gasteiger partial charge in [0, 0.05) is 12.0 Å². The molecule has 2 rings (SSSR count). The summed E-state index contributed by atoms with van der Waals surface area (Å²) in [7, 11) is 1.60. The third-order valence-corrected chi connectivity index (χ3v) is 3.87. The number of carbonyl (C=O) groups excluding carboxylic acids is 2. The van der Waals surface area contributed by atoms with E-state index in [0.29, 0.717) is 12.0 Å². The molecule has 0 fully saturated rings. The quantitative estimate of drug-likeness (QED) is 0.787. The smallest absolute Gasteiger partial charge is 0.328 e. The Bertz CT molecular complexity index is 725. The molecule has 0 aliphatic heterocycles. The van der Waals surface area contributed by atoms with Crippen molar-refractivity contribution in [2.75, 3.05) is 13.7 Å². The lowest BCUT2D eigenvalue weighted by Crippen LogP contribution is -2.43. The van der Waals surface area contributed by atoms with E-state index in [2.05, 4.69) is 5.32 Å². The summed E-state index contributed by atoms with van der Waals surface area (Å²) < 4.78 is 10.2. The Labute approximate surface area is 148 Å². The van der Waals surface area contributed by atoms with Gasteiger partial charge in [-0.2, -0.15) is 0 Å². The molecule has 0 aliphatic carbocycles. The van der Waals surface area contributed by atoms with Crippen molar-refractivity contribution in [2.24, 2.45) is 0 Å². The van der Waals surface area contributed by atoms with E-state index in [4.69, 9.17) is 9.47 Å². The van der Waals surface area contributed by atoms with Crippen LogP contribution in [0.1, 0.15) is 28.4 Å². The molecule has 0 aromatic heterocycles. The zero-order chi connectivity index (χ0) is 18.2. The number of amides is 1. The van der Waals surface area contributed by atoms with Crippen molar-refractivity contribution in [3.05, 3.63) is 65.2 Å². The first-order valence-corrected chi connectivity index (χ1v) is 8.21. The second kappa shape index (κ2) is 8.87. The lowest BCUT2D eigenvalue weighted by molar-refractivity contribution is -0.145. The Morgan fingerprint density at radius 1 is 1.08 bits per heavy atom. The maximum Gasteiger partial charge on any atom is 0.328 e. The van der Waals surface area contributed by atoms with Gasteiger partial charge in [0.1, 0.15) is 11.8 Å². The molecule has 5 heteroatoms. The van der Waals surface area contributed by atoms with Crippen LogP contribution in [0.15, 0.2) is 48.5 Å². The third-order valence-electron chi connectivity index (χ3n) is 3.87. The van der Waals surface area contributed by atoms with Crippen LogP contribution in [0.4, 0.5) is 0 Å². The minimum Gasteiger partial charge on any atom is -0.497 e. The Kier molecular flexibility index (Phi) is 6.57. The average Bonchev–Trinajstić information content (AvgIpc) is 2.62. The maximum absolute atomic E-state index is 12.5. The number of hydrogen-bond acceptors (Lipinski definition) is 4. The molecule has 132 valence electrons. The molecule has 5 nitrogen and oxygen atoms in total. The fourth-order valence-corrected chi connectivity index (χ4v) is 2.50. The maximum atomic E-state index is 12.5. The number of rotatable bonds is 7. The van der Waals surface area contributed by atoms with Gasteiger partial charge in [0.25, 0.3) is 5.91 Å². The van der Waals surface area contributed by atoms with Crippen LogP contribution in [0, 0.1) is 6.92 Å². The summed E-state index contributed by atoms with van der Waals surface area (Å²) in [5.41, 5.74) is 2.31. The predicted molar refractivity (Wildman–Crippen MR) is 95.8 cm³/mol. The van der Waals surface area contributed by atoms with E-state index in [1.54, 1.807) is 26.2 Å². The van der Waals surface area contributed by atoms with Gasteiger partial charge in [0.15, 0.2) is 0 Å². The van der Waals surface area contributed by atoms with E-state index >= 15 is 0 Å². The highest BCUT2D eigenvalue weighted by atomic mass is 16.5. The van der Waals surface area contributed by atoms with Gasteiger partial charge in [-0.3, -0.25) is 4.79 Å². The Morgan fingerprint density at radius 3 is 2.36 bits per heavy atom. The fraction of sp³-hybridized carbons (Fsp3) is 0.300. The van der Waals surface area contributed by atoms with E-state index < -0.39 is 12.0 Å². The molecule has 0 saturated carbocycles. The molecule has 0 heterocycles. The number of hydrogen-bond donors (Lipinski definition) is 1. The first-order chi connectivity index (χ1) is 12.0. The second-order valence-corrected chi connectivity index (χ2v) is 5.65. The van der Waals surface area contributed by atoms with Crippen molar-refractivity contribution in [1.29, 1.82) is 0 Å². The van der Waals surface area contributed by atoms with E-state index in [-0.39, 0.29) is 12.5 Å². The fourth-order valence-electron chi connectivity index (χ4n) is 2.50. The van der Waals surface area contributed by atoms with Gasteiger partial charge in [-0.25, -0.2) is 4.79 Å². The summed E-state index contributed by atoms with van der Waals surface area (Å²) in [5, 5.41) is 2.79. The molecule has 2 aromatic carbocycles. The van der Waals surface area contributed by atoms with Crippen LogP contribution in [-0.4, -0.2) is 31.6 Å². The summed E-state index contributed by atoms with van der Waals surface area (Å²) >= 11 is 0. The predicted octanol–water partition coefficient (Wildman–Crippen LogP) is 2.91. The highest BCUT2D eigenvalue weighted by molar-refractivity contribution is 5.98. The number of aryl methyl sites for hydroxylation is 1. The van der Waals surface area contributed by atoms with E-state index in [1.165, 1.54) is 0 Å². The van der Waals surface area contributed by atoms with Crippen LogP contribution < -0.4 is 10.1 Å². The minimum absolute atomic E-state index is 0.262. The second-order valence-electron chi connectivity index (χ2n) is 5.65. The summed E-state index contributed by atoms with van der Waals surface area (Å²) in [5.74, 6) is 0.00491. The van der Waals surface area contributed by atoms with E-state index in [9.17, 15) is 9.59 Å². The summed E-state index contributed by atoms with van der Waals surface area (Å²) in [6.45, 7) is 3.86. The van der Waals surface area contributed by atoms with Gasteiger partial charge in [-0.15, -0.1) is 0 Å². The highest BCUT2D eigenvalue weighted by Gasteiger charge is 2.23. The molecule has 2 aromatic rings. The molecule has 25 heavy (non-hydrogen) atoms. The minimum atomic E-state index is -0.750. The highest BCUT2D eigenvalue weighted by Crippen LogP contribution is 2.14. The largest absolute Gasteiger partial charge is 0.497 e. The van der Waals surface area contributed by atoms with Gasteiger partial charge in [-0.05, 0) is 43.2 Å². The number of nitrogens with one attached hydrogen (secondary N) is 1. The van der Waals surface area contributed by atoms with Crippen molar-refractivity contribution in [3.63, 3.8) is 0 Å². The van der Waals surface area contributed by atoms with Crippen LogP contribution in [0.2, 0.25) is 0 Å². The zero-order valence-corrected chi connectivity index (χ0v) is 14.7. The standard InChI is InChI=1S/C20H23NO4/c1-4-25-20(23)18(13-15-9-11-16(24-3)12-10-15)21-19(22)17-8-6-5-7-14(17)2/h5-12,18H,4,13H2,1-3H3,(H,21,22). The van der Waals surface area contributed by atoms with E-state index in [0.717, 1.165) is 16.9 Å². The lowest BCUT2D eigenvalue weighted by atomic mass is 10.0. The third kappa shape index (κ3) is 5.08. The molecule has 0 spiro atoms. The summed E-state index contributed by atoms with van der Waals surface area (Å²) in [6, 6.07) is 13.9. The first kappa shape index (κ1) is 18.5. The normalized spacial score (nSPS) is 11.5. The summed E-state index contributed by atoms with van der Waals surface area (Å²) in [4.78, 5) is 24.8. The zero-order valence-electron chi connectivity index (χ0n) is 14.7. The summed E-state index contributed by atoms with van der Waals surface area (Å²) in [6.07, 6.45) is 0.348. The van der Waals surface area contributed by atoms with Gasteiger partial charge in [0.2, 0.25) is 0 Å². The van der Waals surface area contributed by atoms with Crippen molar-refractivity contribution < 1.29 is 19.1 Å². The van der Waals surface area contributed by atoms with Crippen molar-refractivity contribution in [2.45, 2.75) is 26.3 Å². The molecule has 0 aliphatic rings. The first-order valence-electron chi connectivity index (χ1n) is 8.21. The number of methoxy groups -OCH3 is 1. The van der Waals surface area contributed by atoms with E-state index in [1.807, 2.05) is 43.3 Å². The SMILES string of the molecule is CCOC(=O)C(Cc1ccc(OC)cc1)NC(=O)c1ccccc1C. The molecule has 1 amide bonds. The molecule has 0 saturated heterocycles. The number of esters is 1. The lowest BCUT2D eigenvalue weighted by Gasteiger charge is -2.18. The Balaban J connectivity index is 2.16. The number of benzene rings is 2. The van der Waals surface area contributed by atoms with Crippen LogP contribution in [0.25, 0.3) is 0 Å². The van der Waals surface area contributed by atoms with Crippen LogP contribution in [0.5, 0.6) is 5.75 Å². The van der Waals surface area contributed by atoms with Gasteiger partial charge in [0.05, 0.1) is 13.7 Å². The molecular formula is C20H23NO4. The van der Waals surface area contributed by atoms with Crippen molar-refractivity contribution in [3.8, 4) is 5.75 Å². The van der Waals surface area contributed by atoms with Crippen LogP contribution in [0.3, 0.4) is 0 Å². The molecular weight excluding hydrogens is 318 g/mol. The van der Waals surface area contributed by atoms with Gasteiger partial charge < -0.3 is 14.8 Å². The van der Waals surface area contributed by atoms with Gasteiger partial charge in [-0.1, -0.05) is 30.3 Å². The van der Waals surface area contributed by atoms with Crippen molar-refractivity contribution >= 4 is 11.9 Å². The molecule has 1 unspecified atom stereocenters. The molecule has 1 N–H and O–H groups in total. The number of carbonyl (C=O) groups is 2. The molecule has 0 radical (unpaired) electrons. The van der Waals surface area contributed by atoms with Crippen LogP contribution >= 0.6 is 0 Å². The average molecular weight is 341 g/mol. The monoisotopic (exact) mass is 341 g/mol. The number of ether oxygens (including phenoxy) is 2. The Hall–Kier alpha value is -2.82. The molecule has 0 bridgehead atoms. The van der Waals surface area contributed by atoms with Gasteiger partial charge >= 0.3 is 5.97 Å². The topological polar surface area (TPSA) is 64.6 Å². The molecule has 1 atom stereocenters. The van der Waals surface area contributed by atoms with Crippen molar-refractivity contribution in [1.82, 2.24) is 5.32 Å². The Morgan fingerprint density at radius 2 is 1.76 bits per heavy atom.